The van der Waals surface area contributed by atoms with Crippen LogP contribution in [0.2, 0.25) is 0 Å². The normalized spacial score (nSPS) is 17.6. The summed E-state index contributed by atoms with van der Waals surface area (Å²) < 4.78 is 9.98. The van der Waals surface area contributed by atoms with Crippen molar-refractivity contribution in [3.63, 3.8) is 0 Å². The van der Waals surface area contributed by atoms with E-state index in [1.807, 2.05) is 0 Å². The van der Waals surface area contributed by atoms with Crippen LogP contribution >= 0.6 is 0 Å². The molecule has 0 spiro atoms. The summed E-state index contributed by atoms with van der Waals surface area (Å²) in [5.74, 6) is -0.213. The summed E-state index contributed by atoms with van der Waals surface area (Å²) in [5.41, 5.74) is 5.34. The van der Waals surface area contributed by atoms with Gasteiger partial charge in [-0.2, -0.15) is 0 Å². The van der Waals surface area contributed by atoms with Crippen molar-refractivity contribution < 1.29 is 19.1 Å². The highest BCUT2D eigenvalue weighted by Gasteiger charge is 2.39. The Morgan fingerprint density at radius 2 is 1.86 bits per heavy atom. The van der Waals surface area contributed by atoms with E-state index in [9.17, 15) is 9.59 Å². The van der Waals surface area contributed by atoms with Gasteiger partial charge in [-0.25, -0.2) is 0 Å². The minimum atomic E-state index is -0.918. The van der Waals surface area contributed by atoms with Crippen LogP contribution in [0, 0.1) is 5.92 Å². The van der Waals surface area contributed by atoms with Crippen molar-refractivity contribution in [3.8, 4) is 0 Å². The summed E-state index contributed by atoms with van der Waals surface area (Å²) in [6, 6.07) is 0. The molecule has 0 unspecified atom stereocenters. The number of carbonyl (C=O) groups is 2. The van der Waals surface area contributed by atoms with Gasteiger partial charge >= 0.3 is 5.97 Å². The quantitative estimate of drug-likeness (QED) is 0.707. The van der Waals surface area contributed by atoms with Crippen molar-refractivity contribution in [1.82, 2.24) is 4.90 Å². The van der Waals surface area contributed by atoms with Crippen molar-refractivity contribution >= 4 is 11.9 Å². The molecule has 6 heteroatoms. The van der Waals surface area contributed by atoms with E-state index in [4.69, 9.17) is 15.2 Å². The first-order valence-corrected chi connectivity index (χ1v) is 7.69. The van der Waals surface area contributed by atoms with Gasteiger partial charge in [-0.15, -0.1) is 0 Å². The summed E-state index contributed by atoms with van der Waals surface area (Å²) in [6.07, 6.45) is 2.91. The second-order valence-corrected chi connectivity index (χ2v) is 5.71. The molecule has 1 rings (SSSR count). The summed E-state index contributed by atoms with van der Waals surface area (Å²) in [5, 5.41) is 0. The monoisotopic (exact) mass is 300 g/mol. The van der Waals surface area contributed by atoms with Crippen LogP contribution in [0.4, 0.5) is 0 Å². The third kappa shape index (κ3) is 4.97. The molecular weight excluding hydrogens is 272 g/mol. The lowest BCUT2D eigenvalue weighted by Gasteiger charge is -2.37. The number of hydrogen-bond donors (Lipinski definition) is 1. The fraction of sp³-hybridized carbons (Fsp3) is 0.867. The molecule has 0 atom stereocenters. The van der Waals surface area contributed by atoms with Gasteiger partial charge in [0.15, 0.2) is 0 Å². The molecule has 2 N–H and O–H groups in total. The average molecular weight is 300 g/mol. The van der Waals surface area contributed by atoms with E-state index in [2.05, 4.69) is 13.8 Å². The van der Waals surface area contributed by atoms with Gasteiger partial charge in [-0.3, -0.25) is 9.59 Å². The standard InChI is InChI=1S/C15H28N2O4/c1-4-12(5-2)10-17(11-13(18)20-3)14(19)15(16)6-8-21-9-7-15/h12H,4-11,16H2,1-3H3. The summed E-state index contributed by atoms with van der Waals surface area (Å²) >= 11 is 0. The molecule has 1 heterocycles. The van der Waals surface area contributed by atoms with Crippen molar-refractivity contribution in [2.75, 3.05) is 33.4 Å². The molecule has 0 radical (unpaired) electrons. The number of hydrogen-bond acceptors (Lipinski definition) is 5. The Morgan fingerprint density at radius 3 is 2.33 bits per heavy atom. The third-order valence-electron chi connectivity index (χ3n) is 4.28. The minimum absolute atomic E-state index is 0.0361. The zero-order valence-electron chi connectivity index (χ0n) is 13.4. The molecule has 6 nitrogen and oxygen atoms in total. The molecule has 0 saturated carbocycles. The highest BCUT2D eigenvalue weighted by Crippen LogP contribution is 2.22. The highest BCUT2D eigenvalue weighted by atomic mass is 16.5. The lowest BCUT2D eigenvalue weighted by Crippen LogP contribution is -2.59. The van der Waals surface area contributed by atoms with Crippen molar-refractivity contribution in [2.45, 2.75) is 45.1 Å². The maximum Gasteiger partial charge on any atom is 0.325 e. The number of esters is 1. The van der Waals surface area contributed by atoms with Crippen LogP contribution in [-0.2, 0) is 19.1 Å². The zero-order chi connectivity index (χ0) is 15.9. The van der Waals surface area contributed by atoms with Crippen molar-refractivity contribution in [3.05, 3.63) is 0 Å². The first-order valence-electron chi connectivity index (χ1n) is 7.69. The number of amides is 1. The third-order valence-corrected chi connectivity index (χ3v) is 4.28. The molecule has 122 valence electrons. The van der Waals surface area contributed by atoms with Crippen LogP contribution in [0.1, 0.15) is 39.5 Å². The van der Waals surface area contributed by atoms with Gasteiger partial charge in [0.25, 0.3) is 0 Å². The number of nitrogens with zero attached hydrogens (tertiary/aromatic N) is 1. The van der Waals surface area contributed by atoms with Crippen LogP contribution < -0.4 is 5.73 Å². The van der Waals surface area contributed by atoms with E-state index in [-0.39, 0.29) is 12.5 Å². The van der Waals surface area contributed by atoms with E-state index in [1.54, 1.807) is 4.90 Å². The maximum atomic E-state index is 12.8. The van der Waals surface area contributed by atoms with Gasteiger partial charge in [0.05, 0.1) is 12.6 Å². The smallest absolute Gasteiger partial charge is 0.325 e. The fourth-order valence-corrected chi connectivity index (χ4v) is 2.56. The fourth-order valence-electron chi connectivity index (χ4n) is 2.56. The lowest BCUT2D eigenvalue weighted by atomic mass is 9.89. The van der Waals surface area contributed by atoms with Gasteiger partial charge < -0.3 is 20.1 Å². The number of rotatable bonds is 7. The predicted octanol–water partition coefficient (Wildman–Crippen LogP) is 0.932. The Morgan fingerprint density at radius 1 is 1.29 bits per heavy atom. The Hall–Kier alpha value is -1.14. The molecule has 0 aliphatic carbocycles. The van der Waals surface area contributed by atoms with Gasteiger partial charge in [-0.05, 0) is 18.8 Å². The molecule has 0 aromatic heterocycles. The summed E-state index contributed by atoms with van der Waals surface area (Å²) in [4.78, 5) is 25.9. The maximum absolute atomic E-state index is 12.8. The molecular formula is C15H28N2O4. The zero-order valence-corrected chi connectivity index (χ0v) is 13.4. The molecule has 1 amide bonds. The Kier molecular flexibility index (Phi) is 7.11. The number of methoxy groups -OCH3 is 1. The first kappa shape index (κ1) is 17.9. The highest BCUT2D eigenvalue weighted by molar-refractivity contribution is 5.89. The van der Waals surface area contributed by atoms with E-state index in [0.717, 1.165) is 12.8 Å². The summed E-state index contributed by atoms with van der Waals surface area (Å²) in [7, 11) is 1.33. The number of carbonyl (C=O) groups excluding carboxylic acids is 2. The second-order valence-electron chi connectivity index (χ2n) is 5.71. The van der Waals surface area contributed by atoms with Crippen LogP contribution in [0.3, 0.4) is 0 Å². The van der Waals surface area contributed by atoms with Crippen molar-refractivity contribution in [1.29, 1.82) is 0 Å². The van der Waals surface area contributed by atoms with Crippen LogP contribution in [0.5, 0.6) is 0 Å². The molecule has 1 saturated heterocycles. The molecule has 0 bridgehead atoms. The van der Waals surface area contributed by atoms with Gasteiger partial charge in [0, 0.05) is 19.8 Å². The first-order chi connectivity index (χ1) is 9.96. The topological polar surface area (TPSA) is 81.9 Å². The van der Waals surface area contributed by atoms with Gasteiger partial charge in [0.1, 0.15) is 6.54 Å². The molecule has 1 aliphatic rings. The molecule has 21 heavy (non-hydrogen) atoms. The average Bonchev–Trinajstić information content (AvgIpc) is 2.51. The van der Waals surface area contributed by atoms with E-state index in [1.165, 1.54) is 7.11 Å². The van der Waals surface area contributed by atoms with E-state index >= 15 is 0 Å². The molecule has 0 aromatic rings. The number of ether oxygens (including phenoxy) is 2. The molecule has 0 aromatic carbocycles. The largest absolute Gasteiger partial charge is 0.468 e. The predicted molar refractivity (Wildman–Crippen MR) is 79.6 cm³/mol. The van der Waals surface area contributed by atoms with E-state index < -0.39 is 11.5 Å². The van der Waals surface area contributed by atoms with Crippen LogP contribution in [0.25, 0.3) is 0 Å². The minimum Gasteiger partial charge on any atom is -0.468 e. The second kappa shape index (κ2) is 8.34. The lowest BCUT2D eigenvalue weighted by molar-refractivity contribution is -0.151. The van der Waals surface area contributed by atoms with Crippen LogP contribution in [-0.4, -0.2) is 55.7 Å². The Bertz CT molecular complexity index is 350. The van der Waals surface area contributed by atoms with Crippen molar-refractivity contribution in [2.24, 2.45) is 11.7 Å². The van der Waals surface area contributed by atoms with E-state index in [0.29, 0.717) is 38.5 Å². The van der Waals surface area contributed by atoms with Gasteiger partial charge in [0.2, 0.25) is 5.91 Å². The molecule has 1 aliphatic heterocycles. The summed E-state index contributed by atoms with van der Waals surface area (Å²) in [6.45, 7) is 5.65. The Balaban J connectivity index is 2.82. The Labute approximate surface area is 126 Å². The van der Waals surface area contributed by atoms with Crippen LogP contribution in [0.15, 0.2) is 0 Å². The number of nitrogens with two attached hydrogens (primary N) is 1. The SMILES string of the molecule is CCC(CC)CN(CC(=O)OC)C(=O)C1(N)CCOCC1. The van der Waals surface area contributed by atoms with Gasteiger partial charge in [-0.1, -0.05) is 26.7 Å². The molecule has 1 fully saturated rings.